The molecule has 1 aromatic rings. The Morgan fingerprint density at radius 2 is 2.17 bits per heavy atom. The van der Waals surface area contributed by atoms with E-state index in [1.807, 2.05) is 11.8 Å². The van der Waals surface area contributed by atoms with Gasteiger partial charge in [0.15, 0.2) is 5.82 Å². The van der Waals surface area contributed by atoms with E-state index in [1.54, 1.807) is 6.92 Å². The summed E-state index contributed by atoms with van der Waals surface area (Å²) in [6.07, 6.45) is 5.95. The molecule has 0 saturated heterocycles. The zero-order chi connectivity index (χ0) is 13.0. The highest BCUT2D eigenvalue weighted by Crippen LogP contribution is 2.30. The van der Waals surface area contributed by atoms with Gasteiger partial charge in [0.1, 0.15) is 6.04 Å². The number of aliphatic hydroxyl groups is 1. The minimum atomic E-state index is -0.677. The van der Waals surface area contributed by atoms with Crippen molar-refractivity contribution < 1.29 is 9.63 Å². The fourth-order valence-electron chi connectivity index (χ4n) is 2.09. The molecule has 1 aromatic heterocycles. The van der Waals surface area contributed by atoms with Crippen LogP contribution < -0.4 is 5.73 Å². The van der Waals surface area contributed by atoms with Crippen molar-refractivity contribution in [2.24, 2.45) is 5.73 Å². The van der Waals surface area contributed by atoms with Crippen LogP contribution in [0.5, 0.6) is 0 Å². The molecule has 1 saturated carbocycles. The van der Waals surface area contributed by atoms with E-state index in [-0.39, 0.29) is 0 Å². The molecule has 0 unspecified atom stereocenters. The van der Waals surface area contributed by atoms with Crippen molar-refractivity contribution in [3.63, 3.8) is 0 Å². The van der Waals surface area contributed by atoms with Crippen LogP contribution in [0.25, 0.3) is 0 Å². The van der Waals surface area contributed by atoms with Crippen molar-refractivity contribution in [3.8, 4) is 0 Å². The zero-order valence-corrected chi connectivity index (χ0v) is 11.5. The van der Waals surface area contributed by atoms with E-state index in [0.29, 0.717) is 11.7 Å². The van der Waals surface area contributed by atoms with E-state index in [4.69, 9.17) is 10.3 Å². The largest absolute Gasteiger partial charge is 0.391 e. The van der Waals surface area contributed by atoms with Gasteiger partial charge in [-0.15, -0.1) is 0 Å². The Bertz CT molecular complexity index is 364. The van der Waals surface area contributed by atoms with Gasteiger partial charge in [-0.1, -0.05) is 24.4 Å². The second-order valence-corrected chi connectivity index (χ2v) is 6.17. The predicted molar refractivity (Wildman–Crippen MR) is 71.1 cm³/mol. The van der Waals surface area contributed by atoms with Gasteiger partial charge in [0.05, 0.1) is 11.9 Å². The van der Waals surface area contributed by atoms with Crippen LogP contribution in [0.15, 0.2) is 4.52 Å². The van der Waals surface area contributed by atoms with Crippen LogP contribution in [0.4, 0.5) is 0 Å². The third kappa shape index (κ3) is 3.70. The lowest BCUT2D eigenvalue weighted by Gasteiger charge is -2.20. The Morgan fingerprint density at radius 1 is 1.44 bits per heavy atom. The molecule has 6 heteroatoms. The van der Waals surface area contributed by atoms with Gasteiger partial charge in [-0.3, -0.25) is 0 Å². The number of nitrogens with zero attached hydrogens (tertiary/aromatic N) is 2. The van der Waals surface area contributed by atoms with E-state index >= 15 is 0 Å². The number of hydrogen-bond donors (Lipinski definition) is 2. The van der Waals surface area contributed by atoms with Crippen LogP contribution in [-0.2, 0) is 5.75 Å². The summed E-state index contributed by atoms with van der Waals surface area (Å²) in [5.41, 5.74) is 5.74. The van der Waals surface area contributed by atoms with Gasteiger partial charge in [0, 0.05) is 5.25 Å². The minimum Gasteiger partial charge on any atom is -0.391 e. The van der Waals surface area contributed by atoms with Crippen LogP contribution in [-0.4, -0.2) is 26.6 Å². The molecule has 2 rings (SSSR count). The summed E-state index contributed by atoms with van der Waals surface area (Å²) in [5.74, 6) is 1.77. The predicted octanol–water partition coefficient (Wildman–Crippen LogP) is 2.02. The van der Waals surface area contributed by atoms with Crippen molar-refractivity contribution >= 4 is 11.8 Å². The average Bonchev–Trinajstić information content (AvgIpc) is 2.85. The Labute approximate surface area is 112 Å². The van der Waals surface area contributed by atoms with E-state index in [9.17, 15) is 5.11 Å². The molecule has 0 amide bonds. The first kappa shape index (κ1) is 13.8. The Hall–Kier alpha value is -0.590. The molecule has 3 N–H and O–H groups in total. The summed E-state index contributed by atoms with van der Waals surface area (Å²) in [6.45, 7) is 1.62. The number of thioether (sulfide) groups is 1. The van der Waals surface area contributed by atoms with E-state index < -0.39 is 12.1 Å². The monoisotopic (exact) mass is 271 g/mol. The summed E-state index contributed by atoms with van der Waals surface area (Å²) in [5, 5.41) is 14.0. The first-order valence-corrected chi connectivity index (χ1v) is 7.59. The van der Waals surface area contributed by atoms with Gasteiger partial charge in [-0.05, 0) is 19.8 Å². The lowest BCUT2D eigenvalue weighted by atomic mass is 10.0. The molecule has 2 atom stereocenters. The standard InChI is InChI=1S/C12H21N3O2S/c1-8(16)11(13)12-14-10(15-17-12)7-18-9-5-3-2-4-6-9/h8-9,11,16H,2-7,13H2,1H3/t8-,11+/m1/s1. The van der Waals surface area contributed by atoms with Gasteiger partial charge >= 0.3 is 0 Å². The fourth-order valence-corrected chi connectivity index (χ4v) is 3.26. The van der Waals surface area contributed by atoms with Gasteiger partial charge < -0.3 is 15.4 Å². The average molecular weight is 271 g/mol. The molecular weight excluding hydrogens is 250 g/mol. The lowest BCUT2D eigenvalue weighted by molar-refractivity contribution is 0.146. The zero-order valence-electron chi connectivity index (χ0n) is 10.7. The molecule has 1 heterocycles. The summed E-state index contributed by atoms with van der Waals surface area (Å²) in [7, 11) is 0. The summed E-state index contributed by atoms with van der Waals surface area (Å²) in [4.78, 5) is 4.23. The molecule has 0 aromatic carbocycles. The minimum absolute atomic E-state index is 0.323. The quantitative estimate of drug-likeness (QED) is 0.852. The molecule has 18 heavy (non-hydrogen) atoms. The second kappa shape index (κ2) is 6.54. The Balaban J connectivity index is 1.82. The van der Waals surface area contributed by atoms with Crippen LogP contribution in [0.1, 0.15) is 56.8 Å². The molecule has 0 radical (unpaired) electrons. The SMILES string of the molecule is C[C@@H](O)[C@H](N)c1nc(CSC2CCCCC2)no1. The molecule has 5 nitrogen and oxygen atoms in total. The lowest BCUT2D eigenvalue weighted by Crippen LogP contribution is -2.23. The number of aliphatic hydroxyl groups excluding tert-OH is 1. The van der Waals surface area contributed by atoms with Crippen molar-refractivity contribution in [3.05, 3.63) is 11.7 Å². The van der Waals surface area contributed by atoms with Gasteiger partial charge in [0.25, 0.3) is 0 Å². The van der Waals surface area contributed by atoms with Gasteiger partial charge in [-0.25, -0.2) is 0 Å². The van der Waals surface area contributed by atoms with Crippen molar-refractivity contribution in [1.29, 1.82) is 0 Å². The number of rotatable bonds is 5. The molecule has 1 aliphatic carbocycles. The first-order valence-electron chi connectivity index (χ1n) is 6.54. The molecular formula is C12H21N3O2S. The second-order valence-electron chi connectivity index (χ2n) is 4.89. The molecule has 102 valence electrons. The van der Waals surface area contributed by atoms with Crippen LogP contribution in [0, 0.1) is 0 Å². The summed E-state index contributed by atoms with van der Waals surface area (Å²) >= 11 is 1.90. The smallest absolute Gasteiger partial charge is 0.246 e. The van der Waals surface area contributed by atoms with Gasteiger partial charge in [0.2, 0.25) is 5.89 Å². The fraction of sp³-hybridized carbons (Fsp3) is 0.833. The maximum atomic E-state index is 9.36. The Kier molecular flexibility index (Phi) is 5.03. The Morgan fingerprint density at radius 3 is 2.83 bits per heavy atom. The normalized spacial score (nSPS) is 20.8. The number of nitrogens with two attached hydrogens (primary N) is 1. The summed E-state index contributed by atoms with van der Waals surface area (Å²) < 4.78 is 5.07. The topological polar surface area (TPSA) is 85.2 Å². The number of hydrogen-bond acceptors (Lipinski definition) is 6. The van der Waals surface area contributed by atoms with E-state index in [2.05, 4.69) is 10.1 Å². The third-order valence-corrected chi connectivity index (χ3v) is 4.66. The van der Waals surface area contributed by atoms with E-state index in [1.165, 1.54) is 32.1 Å². The highest BCUT2D eigenvalue weighted by Gasteiger charge is 2.20. The van der Waals surface area contributed by atoms with Gasteiger partial charge in [-0.2, -0.15) is 16.7 Å². The maximum absolute atomic E-state index is 9.36. The molecule has 0 bridgehead atoms. The highest BCUT2D eigenvalue weighted by atomic mass is 32.2. The van der Waals surface area contributed by atoms with Crippen LogP contribution >= 0.6 is 11.8 Å². The maximum Gasteiger partial charge on any atom is 0.246 e. The highest BCUT2D eigenvalue weighted by molar-refractivity contribution is 7.99. The first-order chi connectivity index (χ1) is 8.66. The van der Waals surface area contributed by atoms with Crippen molar-refractivity contribution in [2.75, 3.05) is 0 Å². The third-order valence-electron chi connectivity index (χ3n) is 3.29. The molecule has 1 fully saturated rings. The van der Waals surface area contributed by atoms with Crippen molar-refractivity contribution in [1.82, 2.24) is 10.1 Å². The molecule has 0 aliphatic heterocycles. The van der Waals surface area contributed by atoms with Crippen LogP contribution in [0.3, 0.4) is 0 Å². The summed E-state index contributed by atoms with van der Waals surface area (Å²) in [6, 6.07) is -0.592. The number of aromatic nitrogens is 2. The van der Waals surface area contributed by atoms with Crippen molar-refractivity contribution in [2.45, 2.75) is 62.2 Å². The molecule has 1 aliphatic rings. The van der Waals surface area contributed by atoms with Crippen LogP contribution in [0.2, 0.25) is 0 Å². The molecule has 0 spiro atoms. The van der Waals surface area contributed by atoms with E-state index in [0.717, 1.165) is 11.0 Å².